The zero-order valence-electron chi connectivity index (χ0n) is 18.7. The van der Waals surface area contributed by atoms with Crippen LogP contribution in [0.2, 0.25) is 0 Å². The molecule has 0 aliphatic heterocycles. The second-order valence-corrected chi connectivity index (χ2v) is 8.15. The summed E-state index contributed by atoms with van der Waals surface area (Å²) in [4.78, 5) is 47.2. The van der Waals surface area contributed by atoms with E-state index < -0.39 is 35.5 Å². The molecule has 0 fully saturated rings. The number of aliphatic hydroxyl groups is 1. The molecule has 0 saturated carbocycles. The van der Waals surface area contributed by atoms with E-state index in [2.05, 4.69) is 16.0 Å². The normalized spacial score (nSPS) is 11.9. The number of esters is 1. The number of carbonyl (C=O) groups is 4. The van der Waals surface area contributed by atoms with E-state index in [1.54, 1.807) is 26.8 Å². The van der Waals surface area contributed by atoms with Crippen LogP contribution in [0.25, 0.3) is 0 Å². The van der Waals surface area contributed by atoms with Gasteiger partial charge in [0, 0.05) is 24.3 Å². The maximum Gasteiger partial charge on any atom is 0.312 e. The first kappa shape index (κ1) is 26.9. The van der Waals surface area contributed by atoms with Crippen LogP contribution in [0.4, 0.5) is 10.5 Å². The van der Waals surface area contributed by atoms with Crippen molar-refractivity contribution in [1.29, 1.82) is 0 Å². The van der Waals surface area contributed by atoms with Gasteiger partial charge in [-0.05, 0) is 51.3 Å². The molecule has 0 unspecified atom stereocenters. The van der Waals surface area contributed by atoms with Gasteiger partial charge in [0.2, 0.25) is 5.91 Å². The fraction of sp³-hybridized carbons (Fsp3) is 0.524. The SMILES string of the molecule is CC(C)(C)OC(=O)CCNC(=O)c1cc(NC(=O)[C@@H](N)CCCNC(N)=O)ccc1CO. The van der Waals surface area contributed by atoms with Crippen LogP contribution in [0.3, 0.4) is 0 Å². The maximum atomic E-state index is 12.5. The van der Waals surface area contributed by atoms with E-state index in [-0.39, 0.29) is 25.1 Å². The number of benzene rings is 1. The van der Waals surface area contributed by atoms with E-state index in [0.717, 1.165) is 0 Å². The van der Waals surface area contributed by atoms with Gasteiger partial charge in [-0.1, -0.05) is 6.07 Å². The zero-order chi connectivity index (χ0) is 24.3. The molecule has 0 radical (unpaired) electrons. The Labute approximate surface area is 187 Å². The first-order chi connectivity index (χ1) is 14.9. The molecule has 0 aliphatic rings. The van der Waals surface area contributed by atoms with Gasteiger partial charge < -0.3 is 37.3 Å². The lowest BCUT2D eigenvalue weighted by atomic mass is 10.1. The molecule has 1 rings (SSSR count). The predicted molar refractivity (Wildman–Crippen MR) is 119 cm³/mol. The molecule has 1 aromatic carbocycles. The summed E-state index contributed by atoms with van der Waals surface area (Å²) in [5.74, 6) is -1.41. The highest BCUT2D eigenvalue weighted by Crippen LogP contribution is 2.17. The van der Waals surface area contributed by atoms with E-state index in [1.165, 1.54) is 12.1 Å². The van der Waals surface area contributed by atoms with Gasteiger partial charge in [-0.15, -0.1) is 0 Å². The number of carbonyl (C=O) groups excluding carboxylic acids is 4. The number of primary amides is 1. The smallest absolute Gasteiger partial charge is 0.312 e. The Morgan fingerprint density at radius 3 is 2.41 bits per heavy atom. The summed E-state index contributed by atoms with van der Waals surface area (Å²) in [5, 5.41) is 17.2. The molecule has 11 nitrogen and oxygen atoms in total. The van der Waals surface area contributed by atoms with Crippen LogP contribution >= 0.6 is 0 Å². The molecule has 0 bridgehead atoms. The number of hydrogen-bond donors (Lipinski definition) is 6. The number of amides is 4. The molecule has 0 spiro atoms. The first-order valence-corrected chi connectivity index (χ1v) is 10.3. The second kappa shape index (κ2) is 12.6. The molecule has 1 aromatic rings. The Kier molecular flexibility index (Phi) is 10.6. The van der Waals surface area contributed by atoms with Gasteiger partial charge >= 0.3 is 12.0 Å². The number of urea groups is 1. The van der Waals surface area contributed by atoms with E-state index in [4.69, 9.17) is 16.2 Å². The lowest BCUT2D eigenvalue weighted by Gasteiger charge is -2.19. The lowest BCUT2D eigenvalue weighted by Crippen LogP contribution is -2.37. The molecular weight excluding hydrogens is 418 g/mol. The quantitative estimate of drug-likeness (QED) is 0.207. The molecule has 32 heavy (non-hydrogen) atoms. The summed E-state index contributed by atoms with van der Waals surface area (Å²) in [6.45, 7) is 5.23. The van der Waals surface area contributed by atoms with E-state index in [1.807, 2.05) is 0 Å². The molecule has 0 aromatic heterocycles. The third-order valence-corrected chi connectivity index (χ3v) is 4.15. The van der Waals surface area contributed by atoms with Crippen molar-refractivity contribution in [2.24, 2.45) is 11.5 Å². The van der Waals surface area contributed by atoms with Gasteiger partial charge in [0.1, 0.15) is 5.60 Å². The zero-order valence-corrected chi connectivity index (χ0v) is 18.7. The molecule has 1 atom stereocenters. The van der Waals surface area contributed by atoms with Crippen molar-refractivity contribution in [3.8, 4) is 0 Å². The van der Waals surface area contributed by atoms with Gasteiger partial charge in [0.15, 0.2) is 0 Å². The van der Waals surface area contributed by atoms with Crippen molar-refractivity contribution in [2.45, 2.75) is 58.3 Å². The Morgan fingerprint density at radius 1 is 1.12 bits per heavy atom. The minimum absolute atomic E-state index is 0.00659. The Morgan fingerprint density at radius 2 is 1.81 bits per heavy atom. The number of hydrogen-bond acceptors (Lipinski definition) is 7. The monoisotopic (exact) mass is 451 g/mol. The van der Waals surface area contributed by atoms with Crippen molar-refractivity contribution in [2.75, 3.05) is 18.4 Å². The third-order valence-electron chi connectivity index (χ3n) is 4.15. The molecular formula is C21H33N5O6. The molecule has 8 N–H and O–H groups in total. The summed E-state index contributed by atoms with van der Waals surface area (Å²) < 4.78 is 5.19. The number of nitrogens with two attached hydrogens (primary N) is 2. The Balaban J connectivity index is 2.68. The highest BCUT2D eigenvalue weighted by molar-refractivity contribution is 5.99. The topological polar surface area (TPSA) is 186 Å². The van der Waals surface area contributed by atoms with Crippen molar-refractivity contribution in [3.05, 3.63) is 29.3 Å². The second-order valence-electron chi connectivity index (χ2n) is 8.15. The standard InChI is InChI=1S/C21H33N5O6/c1-21(2,3)32-17(28)8-10-24-18(29)15-11-14(7-6-13(15)12-27)26-19(30)16(22)5-4-9-25-20(23)31/h6-7,11,16,27H,4-5,8-10,12,22H2,1-3H3,(H,24,29)(H,26,30)(H3,23,25,31)/t16-/m0/s1. The van der Waals surface area contributed by atoms with Crippen molar-refractivity contribution >= 4 is 29.5 Å². The number of ether oxygens (including phenoxy) is 1. The first-order valence-electron chi connectivity index (χ1n) is 10.3. The molecule has 0 heterocycles. The highest BCUT2D eigenvalue weighted by Gasteiger charge is 2.18. The van der Waals surface area contributed by atoms with Crippen LogP contribution < -0.4 is 27.4 Å². The van der Waals surface area contributed by atoms with Gasteiger partial charge in [-0.25, -0.2) is 4.79 Å². The summed E-state index contributed by atoms with van der Waals surface area (Å²) in [6, 6.07) is 3.01. The van der Waals surface area contributed by atoms with Crippen LogP contribution in [0, 0.1) is 0 Å². The minimum atomic E-state index is -0.826. The van der Waals surface area contributed by atoms with Crippen LogP contribution in [-0.4, -0.2) is 53.7 Å². The highest BCUT2D eigenvalue weighted by atomic mass is 16.6. The summed E-state index contributed by atoms with van der Waals surface area (Å²) in [5.41, 5.74) is 11.1. The summed E-state index contributed by atoms with van der Waals surface area (Å²) in [7, 11) is 0. The van der Waals surface area contributed by atoms with Crippen molar-refractivity contribution in [1.82, 2.24) is 10.6 Å². The number of rotatable bonds is 11. The number of anilines is 1. The third kappa shape index (κ3) is 10.2. The largest absolute Gasteiger partial charge is 0.460 e. The molecule has 11 heteroatoms. The van der Waals surface area contributed by atoms with Crippen LogP contribution in [0.15, 0.2) is 18.2 Å². The van der Waals surface area contributed by atoms with Gasteiger partial charge in [-0.2, -0.15) is 0 Å². The van der Waals surface area contributed by atoms with E-state index >= 15 is 0 Å². The Bertz CT molecular complexity index is 821. The molecule has 0 saturated heterocycles. The summed E-state index contributed by atoms with van der Waals surface area (Å²) >= 11 is 0. The fourth-order valence-electron chi connectivity index (χ4n) is 2.67. The van der Waals surface area contributed by atoms with E-state index in [0.29, 0.717) is 30.6 Å². The predicted octanol–water partition coefficient (Wildman–Crippen LogP) is 0.355. The van der Waals surface area contributed by atoms with Crippen LogP contribution in [0.1, 0.15) is 56.0 Å². The maximum absolute atomic E-state index is 12.5. The van der Waals surface area contributed by atoms with Gasteiger partial charge in [0.25, 0.3) is 5.91 Å². The van der Waals surface area contributed by atoms with E-state index in [9.17, 15) is 24.3 Å². The average Bonchev–Trinajstić information content (AvgIpc) is 2.69. The van der Waals surface area contributed by atoms with Crippen molar-refractivity contribution in [3.63, 3.8) is 0 Å². The average molecular weight is 452 g/mol. The minimum Gasteiger partial charge on any atom is -0.460 e. The van der Waals surface area contributed by atoms with Gasteiger partial charge in [-0.3, -0.25) is 14.4 Å². The fourth-order valence-corrected chi connectivity index (χ4v) is 2.67. The number of aliphatic hydroxyl groups excluding tert-OH is 1. The molecule has 178 valence electrons. The van der Waals surface area contributed by atoms with Crippen molar-refractivity contribution < 1.29 is 29.0 Å². The summed E-state index contributed by atoms with van der Waals surface area (Å²) in [6.07, 6.45) is 0.776. The van der Waals surface area contributed by atoms with Crippen LogP contribution in [0.5, 0.6) is 0 Å². The number of nitrogens with one attached hydrogen (secondary N) is 3. The lowest BCUT2D eigenvalue weighted by molar-refractivity contribution is -0.154. The molecule has 4 amide bonds. The van der Waals surface area contributed by atoms with Crippen LogP contribution in [-0.2, 0) is 20.9 Å². The Hall–Kier alpha value is -3.18. The molecule has 0 aliphatic carbocycles. The van der Waals surface area contributed by atoms with Gasteiger partial charge in [0.05, 0.1) is 19.1 Å².